The van der Waals surface area contributed by atoms with E-state index in [-0.39, 0.29) is 24.4 Å². The molecule has 1 saturated carbocycles. The second-order valence-corrected chi connectivity index (χ2v) is 5.52. The Morgan fingerprint density at radius 1 is 1.28 bits per heavy atom. The van der Waals surface area contributed by atoms with E-state index in [2.05, 4.69) is 5.32 Å². The molecule has 102 valence electrons. The molecule has 0 bridgehead atoms. The summed E-state index contributed by atoms with van der Waals surface area (Å²) in [5.74, 6) is 0.949. The van der Waals surface area contributed by atoms with E-state index in [1.807, 2.05) is 6.92 Å². The van der Waals surface area contributed by atoms with Gasteiger partial charge in [-0.1, -0.05) is 32.6 Å². The summed E-state index contributed by atoms with van der Waals surface area (Å²) in [7, 11) is 0. The highest BCUT2D eigenvalue weighted by Gasteiger charge is 2.32. The van der Waals surface area contributed by atoms with Crippen LogP contribution in [0.5, 0.6) is 0 Å². The second kappa shape index (κ2) is 6.21. The molecule has 1 unspecified atom stereocenters. The normalized spacial score (nSPS) is 25.6. The first-order valence-electron chi connectivity index (χ1n) is 7.29. The highest BCUT2D eigenvalue weighted by Crippen LogP contribution is 2.28. The van der Waals surface area contributed by atoms with Gasteiger partial charge in [-0.2, -0.15) is 0 Å². The van der Waals surface area contributed by atoms with E-state index in [1.165, 1.54) is 32.1 Å². The third kappa shape index (κ3) is 3.03. The van der Waals surface area contributed by atoms with Crippen molar-refractivity contribution in [3.05, 3.63) is 0 Å². The number of rotatable bonds is 5. The summed E-state index contributed by atoms with van der Waals surface area (Å²) in [6.45, 7) is 2.90. The quantitative estimate of drug-likeness (QED) is 0.809. The Kier molecular flexibility index (Phi) is 4.61. The molecule has 1 N–H and O–H groups in total. The molecule has 0 radical (unpaired) electrons. The molecule has 18 heavy (non-hydrogen) atoms. The van der Waals surface area contributed by atoms with E-state index in [9.17, 15) is 9.59 Å². The molecule has 2 rings (SSSR count). The van der Waals surface area contributed by atoms with E-state index in [4.69, 9.17) is 0 Å². The first-order valence-corrected chi connectivity index (χ1v) is 7.29. The molecule has 0 aromatic rings. The van der Waals surface area contributed by atoms with Gasteiger partial charge in [0.05, 0.1) is 6.54 Å². The van der Waals surface area contributed by atoms with Crippen molar-refractivity contribution in [3.63, 3.8) is 0 Å². The predicted molar refractivity (Wildman–Crippen MR) is 70.0 cm³/mol. The van der Waals surface area contributed by atoms with Crippen LogP contribution < -0.4 is 5.32 Å². The Bertz CT molecular complexity index is 311. The number of nitrogens with zero attached hydrogens (tertiary/aromatic N) is 1. The van der Waals surface area contributed by atoms with Gasteiger partial charge in [-0.05, 0) is 25.2 Å². The fraction of sp³-hybridized carbons (Fsp3) is 0.857. The van der Waals surface area contributed by atoms with Gasteiger partial charge >= 0.3 is 0 Å². The zero-order valence-electron chi connectivity index (χ0n) is 11.3. The summed E-state index contributed by atoms with van der Waals surface area (Å²) >= 11 is 0. The largest absolute Gasteiger partial charge is 0.345 e. The van der Waals surface area contributed by atoms with Gasteiger partial charge in [-0.25, -0.2) is 0 Å². The number of hydrogen-bond acceptors (Lipinski definition) is 2. The number of nitrogens with one attached hydrogen (secondary N) is 1. The van der Waals surface area contributed by atoms with Gasteiger partial charge in [0.2, 0.25) is 11.8 Å². The number of amides is 2. The van der Waals surface area contributed by atoms with Crippen LogP contribution in [0.4, 0.5) is 0 Å². The van der Waals surface area contributed by atoms with Crippen LogP contribution in [0.3, 0.4) is 0 Å². The third-order valence-electron chi connectivity index (χ3n) is 4.29. The lowest BCUT2D eigenvalue weighted by Crippen LogP contribution is -2.58. The summed E-state index contributed by atoms with van der Waals surface area (Å²) in [5.41, 5.74) is 0. The Hall–Kier alpha value is -1.06. The van der Waals surface area contributed by atoms with Crippen LogP contribution in [0.15, 0.2) is 0 Å². The summed E-state index contributed by atoms with van der Waals surface area (Å²) in [4.78, 5) is 25.3. The van der Waals surface area contributed by atoms with Crippen LogP contribution in [0.1, 0.15) is 51.9 Å². The molecule has 0 spiro atoms. The molecule has 1 saturated heterocycles. The molecule has 1 atom stereocenters. The predicted octanol–water partition coefficient (Wildman–Crippen LogP) is 1.69. The minimum Gasteiger partial charge on any atom is -0.345 e. The van der Waals surface area contributed by atoms with Gasteiger partial charge in [-0.15, -0.1) is 0 Å². The van der Waals surface area contributed by atoms with Crippen molar-refractivity contribution in [2.75, 3.05) is 13.1 Å². The van der Waals surface area contributed by atoms with Crippen LogP contribution >= 0.6 is 0 Å². The van der Waals surface area contributed by atoms with Crippen LogP contribution in [0, 0.1) is 5.92 Å². The molecule has 0 aromatic heterocycles. The molecule has 4 nitrogen and oxygen atoms in total. The minimum absolute atomic E-state index is 0.0120. The number of carbonyl (C=O) groups is 2. The van der Waals surface area contributed by atoms with Crippen molar-refractivity contribution in [1.29, 1.82) is 0 Å². The Morgan fingerprint density at radius 2 is 2.00 bits per heavy atom. The van der Waals surface area contributed by atoms with Crippen molar-refractivity contribution in [3.8, 4) is 0 Å². The topological polar surface area (TPSA) is 49.4 Å². The van der Waals surface area contributed by atoms with Crippen LogP contribution in [0.25, 0.3) is 0 Å². The molecule has 1 heterocycles. The Labute approximate surface area is 109 Å². The molecule has 2 aliphatic rings. The smallest absolute Gasteiger partial charge is 0.243 e. The maximum atomic E-state index is 11.8. The first kappa shape index (κ1) is 13.4. The standard InChI is InChI=1S/C14H24N2O2/c1-2-12-14(18)15-10-13(17)16(12)9-5-8-11-6-3-4-7-11/h11-12H,2-10H2,1H3,(H,15,18). The lowest BCUT2D eigenvalue weighted by atomic mass is 10.0. The van der Waals surface area contributed by atoms with Gasteiger partial charge in [-0.3, -0.25) is 9.59 Å². The van der Waals surface area contributed by atoms with Crippen molar-refractivity contribution in [2.24, 2.45) is 5.92 Å². The van der Waals surface area contributed by atoms with Gasteiger partial charge in [0, 0.05) is 6.54 Å². The first-order chi connectivity index (χ1) is 8.72. The van der Waals surface area contributed by atoms with E-state index in [0.29, 0.717) is 6.42 Å². The van der Waals surface area contributed by atoms with Crippen molar-refractivity contribution < 1.29 is 9.59 Å². The summed E-state index contributed by atoms with van der Waals surface area (Å²) in [6, 6.07) is -0.241. The van der Waals surface area contributed by atoms with Crippen molar-refractivity contribution in [1.82, 2.24) is 10.2 Å². The number of hydrogen-bond donors (Lipinski definition) is 1. The number of piperazine rings is 1. The van der Waals surface area contributed by atoms with E-state index in [1.54, 1.807) is 4.90 Å². The van der Waals surface area contributed by atoms with Gasteiger partial charge in [0.25, 0.3) is 0 Å². The van der Waals surface area contributed by atoms with Crippen LogP contribution in [-0.4, -0.2) is 35.8 Å². The molecule has 1 aliphatic heterocycles. The number of carbonyl (C=O) groups excluding carboxylic acids is 2. The van der Waals surface area contributed by atoms with Crippen LogP contribution in [-0.2, 0) is 9.59 Å². The lowest BCUT2D eigenvalue weighted by Gasteiger charge is -2.34. The summed E-state index contributed by atoms with van der Waals surface area (Å²) in [5, 5.41) is 2.66. The maximum Gasteiger partial charge on any atom is 0.243 e. The highest BCUT2D eigenvalue weighted by molar-refractivity contribution is 5.94. The SMILES string of the molecule is CCC1C(=O)NCC(=O)N1CCCC1CCCC1. The average molecular weight is 252 g/mol. The summed E-state index contributed by atoms with van der Waals surface area (Å²) in [6.07, 6.45) is 8.40. The van der Waals surface area contributed by atoms with Gasteiger partial charge in [0.15, 0.2) is 0 Å². The summed E-state index contributed by atoms with van der Waals surface area (Å²) < 4.78 is 0. The molecule has 0 aromatic carbocycles. The Balaban J connectivity index is 1.81. The molecule has 2 amide bonds. The van der Waals surface area contributed by atoms with Crippen molar-refractivity contribution in [2.45, 2.75) is 57.9 Å². The fourth-order valence-corrected chi connectivity index (χ4v) is 3.23. The molecular formula is C14H24N2O2. The second-order valence-electron chi connectivity index (χ2n) is 5.52. The van der Waals surface area contributed by atoms with E-state index in [0.717, 1.165) is 18.9 Å². The van der Waals surface area contributed by atoms with Gasteiger partial charge < -0.3 is 10.2 Å². The van der Waals surface area contributed by atoms with Crippen molar-refractivity contribution >= 4 is 11.8 Å². The molecule has 4 heteroatoms. The van der Waals surface area contributed by atoms with Crippen LogP contribution in [0.2, 0.25) is 0 Å². The lowest BCUT2D eigenvalue weighted by molar-refractivity contribution is -0.145. The van der Waals surface area contributed by atoms with E-state index >= 15 is 0 Å². The molecule has 2 fully saturated rings. The highest BCUT2D eigenvalue weighted by atomic mass is 16.2. The fourth-order valence-electron chi connectivity index (χ4n) is 3.23. The van der Waals surface area contributed by atoms with Gasteiger partial charge in [0.1, 0.15) is 6.04 Å². The third-order valence-corrected chi connectivity index (χ3v) is 4.29. The maximum absolute atomic E-state index is 11.8. The molecule has 1 aliphatic carbocycles. The Morgan fingerprint density at radius 3 is 2.67 bits per heavy atom. The minimum atomic E-state index is -0.241. The monoisotopic (exact) mass is 252 g/mol. The zero-order valence-corrected chi connectivity index (χ0v) is 11.3. The zero-order chi connectivity index (χ0) is 13.0. The molecular weight excluding hydrogens is 228 g/mol. The average Bonchev–Trinajstić information content (AvgIpc) is 2.87. The van der Waals surface area contributed by atoms with E-state index < -0.39 is 0 Å².